The van der Waals surface area contributed by atoms with E-state index in [2.05, 4.69) is 10.1 Å². The molecule has 2 aliphatic rings. The summed E-state index contributed by atoms with van der Waals surface area (Å²) in [4.78, 5) is 4.62. The van der Waals surface area contributed by atoms with E-state index in [1.165, 1.54) is 38.5 Å². The van der Waals surface area contributed by atoms with Crippen molar-refractivity contribution in [2.45, 2.75) is 67.8 Å². The fourth-order valence-electron chi connectivity index (χ4n) is 3.33. The van der Waals surface area contributed by atoms with Crippen molar-refractivity contribution in [3.8, 4) is 0 Å². The van der Waals surface area contributed by atoms with Gasteiger partial charge in [0, 0.05) is 11.8 Å². The number of rotatable bonds is 5. The Labute approximate surface area is 118 Å². The fourth-order valence-corrected chi connectivity index (χ4v) is 4.50. The first-order chi connectivity index (χ1) is 9.32. The summed E-state index contributed by atoms with van der Waals surface area (Å²) in [5, 5.41) is 4.95. The average Bonchev–Trinajstić information content (AvgIpc) is 3.17. The molecule has 1 aromatic rings. The SMILES string of the molecule is NCC1(c2nc(CSC3CCCC3)no2)CCCC1. The number of hydrogen-bond donors (Lipinski definition) is 1. The maximum absolute atomic E-state index is 5.95. The number of nitrogens with zero attached hydrogens (tertiary/aromatic N) is 2. The van der Waals surface area contributed by atoms with Crippen molar-refractivity contribution < 1.29 is 4.52 Å². The van der Waals surface area contributed by atoms with Gasteiger partial charge in [-0.2, -0.15) is 16.7 Å². The lowest BCUT2D eigenvalue weighted by atomic mass is 9.86. The molecule has 2 saturated carbocycles. The Balaban J connectivity index is 1.62. The minimum atomic E-state index is -0.0245. The molecule has 3 rings (SSSR count). The molecule has 2 N–H and O–H groups in total. The highest BCUT2D eigenvalue weighted by Crippen LogP contribution is 2.39. The summed E-state index contributed by atoms with van der Waals surface area (Å²) in [7, 11) is 0. The average molecular weight is 281 g/mol. The van der Waals surface area contributed by atoms with Crippen LogP contribution in [0.4, 0.5) is 0 Å². The molecule has 0 aromatic carbocycles. The highest BCUT2D eigenvalue weighted by atomic mass is 32.2. The summed E-state index contributed by atoms with van der Waals surface area (Å²) in [6.07, 6.45) is 10.1. The summed E-state index contributed by atoms with van der Waals surface area (Å²) < 4.78 is 5.50. The van der Waals surface area contributed by atoms with Gasteiger partial charge in [-0.05, 0) is 25.7 Å². The van der Waals surface area contributed by atoms with Crippen LogP contribution in [0.25, 0.3) is 0 Å². The van der Waals surface area contributed by atoms with Gasteiger partial charge in [0.1, 0.15) is 0 Å². The van der Waals surface area contributed by atoms with E-state index in [1.54, 1.807) is 0 Å². The standard InChI is InChI=1S/C14H23N3OS/c15-10-14(7-3-4-8-14)13-16-12(17-18-13)9-19-11-5-1-2-6-11/h11H,1-10,15H2. The molecule has 0 saturated heterocycles. The van der Waals surface area contributed by atoms with Crippen LogP contribution in [-0.4, -0.2) is 21.9 Å². The van der Waals surface area contributed by atoms with Crippen LogP contribution in [-0.2, 0) is 11.2 Å². The second kappa shape index (κ2) is 5.83. The monoisotopic (exact) mass is 281 g/mol. The zero-order valence-corrected chi connectivity index (χ0v) is 12.3. The van der Waals surface area contributed by atoms with Gasteiger partial charge in [0.25, 0.3) is 0 Å². The molecule has 4 nitrogen and oxygen atoms in total. The third kappa shape index (κ3) is 2.82. The highest BCUT2D eigenvalue weighted by molar-refractivity contribution is 7.99. The van der Waals surface area contributed by atoms with E-state index in [0.29, 0.717) is 6.54 Å². The molecule has 2 fully saturated rings. The Morgan fingerprint density at radius 1 is 1.21 bits per heavy atom. The molecule has 0 atom stereocenters. The predicted molar refractivity (Wildman–Crippen MR) is 77.0 cm³/mol. The molecule has 1 heterocycles. The van der Waals surface area contributed by atoms with Crippen LogP contribution in [0.1, 0.15) is 63.1 Å². The molecule has 1 aromatic heterocycles. The molecule has 106 valence electrons. The molecule has 5 heteroatoms. The van der Waals surface area contributed by atoms with Gasteiger partial charge in [-0.1, -0.05) is 30.8 Å². The highest BCUT2D eigenvalue weighted by Gasteiger charge is 2.39. The maximum Gasteiger partial charge on any atom is 0.234 e. The summed E-state index contributed by atoms with van der Waals surface area (Å²) >= 11 is 1.98. The van der Waals surface area contributed by atoms with Crippen molar-refractivity contribution in [1.82, 2.24) is 10.1 Å². The second-order valence-corrected chi connectivity index (χ2v) is 7.21. The van der Waals surface area contributed by atoms with E-state index in [-0.39, 0.29) is 5.41 Å². The molecule has 2 aliphatic carbocycles. The Hall–Kier alpha value is -0.550. The van der Waals surface area contributed by atoms with Crippen LogP contribution in [0, 0.1) is 0 Å². The summed E-state index contributed by atoms with van der Waals surface area (Å²) in [5.74, 6) is 2.52. The second-order valence-electron chi connectivity index (χ2n) is 5.92. The van der Waals surface area contributed by atoms with Crippen LogP contribution in [0.2, 0.25) is 0 Å². The van der Waals surface area contributed by atoms with Crippen LogP contribution in [0.5, 0.6) is 0 Å². The topological polar surface area (TPSA) is 64.9 Å². The van der Waals surface area contributed by atoms with Crippen LogP contribution < -0.4 is 5.73 Å². The molecule has 0 unspecified atom stereocenters. The van der Waals surface area contributed by atoms with Crippen LogP contribution in [0.15, 0.2) is 4.52 Å². The van der Waals surface area contributed by atoms with Crippen molar-refractivity contribution in [2.24, 2.45) is 5.73 Å². The predicted octanol–water partition coefficient (Wildman–Crippen LogP) is 3.02. The van der Waals surface area contributed by atoms with Gasteiger partial charge in [-0.25, -0.2) is 0 Å². The third-order valence-electron chi connectivity index (χ3n) is 4.62. The zero-order chi connectivity index (χ0) is 13.1. The van der Waals surface area contributed by atoms with Gasteiger partial charge in [0.15, 0.2) is 5.82 Å². The largest absolute Gasteiger partial charge is 0.339 e. The normalized spacial score (nSPS) is 23.2. The lowest BCUT2D eigenvalue weighted by Crippen LogP contribution is -2.32. The maximum atomic E-state index is 5.95. The first-order valence-electron chi connectivity index (χ1n) is 7.47. The number of thioether (sulfide) groups is 1. The summed E-state index contributed by atoms with van der Waals surface area (Å²) in [5.41, 5.74) is 5.93. The van der Waals surface area contributed by atoms with Crippen molar-refractivity contribution in [2.75, 3.05) is 6.54 Å². The van der Waals surface area contributed by atoms with Crippen molar-refractivity contribution >= 4 is 11.8 Å². The lowest BCUT2D eigenvalue weighted by molar-refractivity contribution is 0.283. The molecular weight excluding hydrogens is 258 g/mol. The van der Waals surface area contributed by atoms with Gasteiger partial charge >= 0.3 is 0 Å². The molecular formula is C14H23N3OS. The minimum absolute atomic E-state index is 0.0245. The van der Waals surface area contributed by atoms with Gasteiger partial charge in [-0.15, -0.1) is 0 Å². The van der Waals surface area contributed by atoms with Gasteiger partial charge in [-0.3, -0.25) is 0 Å². The van der Waals surface area contributed by atoms with E-state index in [0.717, 1.165) is 35.6 Å². The van der Waals surface area contributed by atoms with Gasteiger partial charge in [0.2, 0.25) is 5.89 Å². The number of nitrogens with two attached hydrogens (primary N) is 1. The minimum Gasteiger partial charge on any atom is -0.339 e. The summed E-state index contributed by atoms with van der Waals surface area (Å²) in [6.45, 7) is 0.629. The van der Waals surface area contributed by atoms with Crippen molar-refractivity contribution in [1.29, 1.82) is 0 Å². The Morgan fingerprint density at radius 2 is 1.95 bits per heavy atom. The Morgan fingerprint density at radius 3 is 2.63 bits per heavy atom. The lowest BCUT2D eigenvalue weighted by Gasteiger charge is -2.21. The van der Waals surface area contributed by atoms with Crippen molar-refractivity contribution in [3.63, 3.8) is 0 Å². The van der Waals surface area contributed by atoms with Gasteiger partial charge in [0.05, 0.1) is 11.2 Å². The Bertz CT molecular complexity index is 409. The summed E-state index contributed by atoms with van der Waals surface area (Å²) in [6, 6.07) is 0. The van der Waals surface area contributed by atoms with Crippen molar-refractivity contribution in [3.05, 3.63) is 11.7 Å². The zero-order valence-electron chi connectivity index (χ0n) is 11.4. The molecule has 0 bridgehead atoms. The number of aromatic nitrogens is 2. The van der Waals surface area contributed by atoms with Crippen LogP contribution in [0.3, 0.4) is 0 Å². The smallest absolute Gasteiger partial charge is 0.234 e. The first-order valence-corrected chi connectivity index (χ1v) is 8.52. The third-order valence-corrected chi connectivity index (χ3v) is 5.99. The van der Waals surface area contributed by atoms with E-state index in [4.69, 9.17) is 10.3 Å². The molecule has 19 heavy (non-hydrogen) atoms. The van der Waals surface area contributed by atoms with Crippen LogP contribution >= 0.6 is 11.8 Å². The molecule has 0 aliphatic heterocycles. The van der Waals surface area contributed by atoms with E-state index >= 15 is 0 Å². The molecule has 0 spiro atoms. The number of hydrogen-bond acceptors (Lipinski definition) is 5. The fraction of sp³-hybridized carbons (Fsp3) is 0.857. The van der Waals surface area contributed by atoms with Gasteiger partial charge < -0.3 is 10.3 Å². The Kier molecular flexibility index (Phi) is 4.12. The first kappa shape index (κ1) is 13.4. The van der Waals surface area contributed by atoms with E-state index in [9.17, 15) is 0 Å². The molecule has 0 radical (unpaired) electrons. The quantitative estimate of drug-likeness (QED) is 0.898. The molecule has 0 amide bonds. The van der Waals surface area contributed by atoms with E-state index < -0.39 is 0 Å². The van der Waals surface area contributed by atoms with E-state index in [1.807, 2.05) is 11.8 Å².